The first-order valence-corrected chi connectivity index (χ1v) is 2.77. The monoisotopic (exact) mass is 112 g/mol. The zero-order valence-electron chi connectivity index (χ0n) is 5.44. The summed E-state index contributed by atoms with van der Waals surface area (Å²) in [4.78, 5) is 0. The maximum atomic E-state index is 8.64. The van der Waals surface area contributed by atoms with E-state index < -0.39 is 0 Å². The molecule has 0 saturated carbocycles. The molecule has 0 aromatic heterocycles. The van der Waals surface area contributed by atoms with Crippen LogP contribution >= 0.6 is 0 Å². The summed E-state index contributed by atoms with van der Waals surface area (Å²) in [7, 11) is 0. The molecule has 0 fully saturated rings. The fraction of sp³-hybridized carbons (Fsp3) is 0.714. The Hall–Kier alpha value is -0.480. The maximum Gasteiger partial charge on any atom is 0.0594 e. The summed E-state index contributed by atoms with van der Waals surface area (Å²) < 4.78 is 0. The van der Waals surface area contributed by atoms with Crippen molar-refractivity contribution in [3.63, 3.8) is 0 Å². The molecule has 0 bridgehead atoms. The predicted octanol–water partition coefficient (Wildman–Crippen LogP) is 1.03. The molecule has 0 spiro atoms. The molecule has 0 saturated heterocycles. The van der Waals surface area contributed by atoms with Crippen molar-refractivity contribution < 1.29 is 5.11 Å². The minimum absolute atomic E-state index is 0.0833. The van der Waals surface area contributed by atoms with E-state index >= 15 is 0 Å². The van der Waals surface area contributed by atoms with Crippen molar-refractivity contribution >= 4 is 0 Å². The SMILES string of the molecule is C#CC(C)(CC)CO. The second-order valence-corrected chi connectivity index (χ2v) is 2.22. The highest BCUT2D eigenvalue weighted by Gasteiger charge is 2.15. The van der Waals surface area contributed by atoms with Crippen LogP contribution in [-0.4, -0.2) is 11.7 Å². The smallest absolute Gasteiger partial charge is 0.0594 e. The summed E-state index contributed by atoms with van der Waals surface area (Å²) in [6, 6.07) is 0. The first-order chi connectivity index (χ1) is 3.68. The van der Waals surface area contributed by atoms with Crippen LogP contribution in [0, 0.1) is 17.8 Å². The lowest BCUT2D eigenvalue weighted by atomic mass is 9.90. The predicted molar refractivity (Wildman–Crippen MR) is 34.3 cm³/mol. The molecule has 1 unspecified atom stereocenters. The number of terminal acetylenes is 1. The average Bonchev–Trinajstić information content (AvgIpc) is 1.87. The number of aliphatic hydroxyl groups excluding tert-OH is 1. The van der Waals surface area contributed by atoms with Crippen LogP contribution in [-0.2, 0) is 0 Å². The van der Waals surface area contributed by atoms with E-state index in [1.54, 1.807) is 0 Å². The maximum absolute atomic E-state index is 8.64. The van der Waals surface area contributed by atoms with Gasteiger partial charge in [0.15, 0.2) is 0 Å². The van der Waals surface area contributed by atoms with Crippen molar-refractivity contribution in [2.75, 3.05) is 6.61 Å². The Bertz CT molecular complexity index is 95.4. The molecular formula is C7H12O. The molecule has 0 amide bonds. The topological polar surface area (TPSA) is 20.2 Å². The molecule has 1 atom stereocenters. The molecular weight excluding hydrogens is 100 g/mol. The molecule has 0 aliphatic rings. The lowest BCUT2D eigenvalue weighted by molar-refractivity contribution is 0.188. The standard InChI is InChI=1S/C7H12O/c1-4-7(3,5-2)6-8/h1,8H,5-6H2,2-3H3. The van der Waals surface area contributed by atoms with E-state index in [0.717, 1.165) is 6.42 Å². The van der Waals surface area contributed by atoms with E-state index in [9.17, 15) is 0 Å². The van der Waals surface area contributed by atoms with Crippen molar-refractivity contribution in [3.05, 3.63) is 0 Å². The molecule has 0 heterocycles. The highest BCUT2D eigenvalue weighted by molar-refractivity contribution is 5.01. The molecule has 0 aromatic carbocycles. The summed E-state index contributed by atoms with van der Waals surface area (Å²) in [6.45, 7) is 3.92. The van der Waals surface area contributed by atoms with Gasteiger partial charge in [-0.2, -0.15) is 0 Å². The fourth-order valence-corrected chi connectivity index (χ4v) is 0.260. The Morgan fingerprint density at radius 2 is 2.25 bits per heavy atom. The molecule has 1 nitrogen and oxygen atoms in total. The van der Waals surface area contributed by atoms with E-state index in [2.05, 4.69) is 5.92 Å². The van der Waals surface area contributed by atoms with Gasteiger partial charge in [-0.1, -0.05) is 12.8 Å². The summed E-state index contributed by atoms with van der Waals surface area (Å²) in [5.74, 6) is 2.53. The third kappa shape index (κ3) is 1.55. The second kappa shape index (κ2) is 2.74. The van der Waals surface area contributed by atoms with Gasteiger partial charge in [0.2, 0.25) is 0 Å². The van der Waals surface area contributed by atoms with Gasteiger partial charge in [-0.05, 0) is 13.3 Å². The van der Waals surface area contributed by atoms with Gasteiger partial charge in [-0.3, -0.25) is 0 Å². The van der Waals surface area contributed by atoms with Gasteiger partial charge in [-0.15, -0.1) is 6.42 Å². The lowest BCUT2D eigenvalue weighted by Gasteiger charge is -2.16. The summed E-state index contributed by atoms with van der Waals surface area (Å²) >= 11 is 0. The van der Waals surface area contributed by atoms with Gasteiger partial charge in [0.25, 0.3) is 0 Å². The van der Waals surface area contributed by atoms with Crippen LogP contribution in [0.1, 0.15) is 20.3 Å². The van der Waals surface area contributed by atoms with Gasteiger partial charge < -0.3 is 5.11 Å². The second-order valence-electron chi connectivity index (χ2n) is 2.22. The Morgan fingerprint density at radius 1 is 1.75 bits per heavy atom. The molecule has 1 N–H and O–H groups in total. The zero-order chi connectivity index (χ0) is 6.62. The van der Waals surface area contributed by atoms with Gasteiger partial charge in [0.1, 0.15) is 0 Å². The Balaban J connectivity index is 3.83. The summed E-state index contributed by atoms with van der Waals surface area (Å²) in [6.07, 6.45) is 5.95. The van der Waals surface area contributed by atoms with Crippen LogP contribution < -0.4 is 0 Å². The Labute approximate surface area is 50.7 Å². The molecule has 0 aliphatic heterocycles. The molecule has 0 radical (unpaired) electrons. The molecule has 0 rings (SSSR count). The van der Waals surface area contributed by atoms with Gasteiger partial charge >= 0.3 is 0 Å². The largest absolute Gasteiger partial charge is 0.395 e. The van der Waals surface area contributed by atoms with Crippen molar-refractivity contribution in [1.29, 1.82) is 0 Å². The molecule has 0 aliphatic carbocycles. The number of aliphatic hydroxyl groups is 1. The fourth-order valence-electron chi connectivity index (χ4n) is 0.260. The van der Waals surface area contributed by atoms with Crippen molar-refractivity contribution in [3.8, 4) is 12.3 Å². The highest BCUT2D eigenvalue weighted by atomic mass is 16.3. The van der Waals surface area contributed by atoms with Gasteiger partial charge in [-0.25, -0.2) is 0 Å². The van der Waals surface area contributed by atoms with Crippen LogP contribution in [0.2, 0.25) is 0 Å². The van der Waals surface area contributed by atoms with Crippen molar-refractivity contribution in [2.45, 2.75) is 20.3 Å². The summed E-state index contributed by atoms with van der Waals surface area (Å²) in [5.41, 5.74) is -0.292. The van der Waals surface area contributed by atoms with E-state index in [1.165, 1.54) is 0 Å². The van der Waals surface area contributed by atoms with Crippen molar-refractivity contribution in [1.82, 2.24) is 0 Å². The average molecular weight is 112 g/mol. The van der Waals surface area contributed by atoms with Crippen LogP contribution in [0.25, 0.3) is 0 Å². The normalized spacial score (nSPS) is 16.8. The lowest BCUT2D eigenvalue weighted by Crippen LogP contribution is -2.16. The van der Waals surface area contributed by atoms with Gasteiger partial charge in [0, 0.05) is 0 Å². The number of hydrogen-bond acceptors (Lipinski definition) is 1. The number of hydrogen-bond donors (Lipinski definition) is 1. The first-order valence-electron chi connectivity index (χ1n) is 2.77. The first kappa shape index (κ1) is 7.52. The van der Waals surface area contributed by atoms with Gasteiger partial charge in [0.05, 0.1) is 12.0 Å². The highest BCUT2D eigenvalue weighted by Crippen LogP contribution is 2.16. The molecule has 46 valence electrons. The molecule has 0 aromatic rings. The van der Waals surface area contributed by atoms with Crippen LogP contribution in [0.4, 0.5) is 0 Å². The Kier molecular flexibility index (Phi) is 2.57. The summed E-state index contributed by atoms with van der Waals surface area (Å²) in [5, 5.41) is 8.64. The molecule has 8 heavy (non-hydrogen) atoms. The van der Waals surface area contributed by atoms with E-state index in [4.69, 9.17) is 11.5 Å². The third-order valence-electron chi connectivity index (χ3n) is 1.48. The van der Waals surface area contributed by atoms with Crippen LogP contribution in [0.15, 0.2) is 0 Å². The minimum Gasteiger partial charge on any atom is -0.395 e. The van der Waals surface area contributed by atoms with Crippen molar-refractivity contribution in [2.24, 2.45) is 5.41 Å². The minimum atomic E-state index is -0.292. The Morgan fingerprint density at radius 3 is 2.25 bits per heavy atom. The zero-order valence-corrected chi connectivity index (χ0v) is 5.44. The van der Waals surface area contributed by atoms with E-state index in [-0.39, 0.29) is 12.0 Å². The molecule has 1 heteroatoms. The number of rotatable bonds is 2. The van der Waals surface area contributed by atoms with Crippen LogP contribution in [0.5, 0.6) is 0 Å². The van der Waals surface area contributed by atoms with E-state index in [1.807, 2.05) is 13.8 Å². The van der Waals surface area contributed by atoms with Crippen LogP contribution in [0.3, 0.4) is 0 Å². The quantitative estimate of drug-likeness (QED) is 0.529. The van der Waals surface area contributed by atoms with E-state index in [0.29, 0.717) is 0 Å². The third-order valence-corrected chi connectivity index (χ3v) is 1.48.